The largest absolute Gasteiger partial charge is 0.476 e. The third-order valence-electron chi connectivity index (χ3n) is 4.21. The molecule has 0 saturated carbocycles. The molecule has 0 spiro atoms. The van der Waals surface area contributed by atoms with E-state index in [0.717, 1.165) is 21.7 Å². The number of benzene rings is 2. The monoisotopic (exact) mass is 394 g/mol. The normalized spacial score (nSPS) is 16.6. The van der Waals surface area contributed by atoms with Gasteiger partial charge in [-0.25, -0.2) is 8.42 Å². The number of hydrogen-bond acceptors (Lipinski definition) is 4. The number of carbonyl (C=O) groups is 1. The van der Waals surface area contributed by atoms with Crippen LogP contribution in [0.3, 0.4) is 0 Å². The van der Waals surface area contributed by atoms with Crippen molar-refractivity contribution < 1.29 is 17.9 Å². The van der Waals surface area contributed by atoms with E-state index in [1.807, 2.05) is 32.0 Å². The average Bonchev–Trinajstić information content (AvgIpc) is 2.56. The van der Waals surface area contributed by atoms with Gasteiger partial charge in [-0.05, 0) is 43.2 Å². The standard InChI is InChI=1S/C18H19ClN2O4S/c1-11-5-4-6-12(2)17(11)20-18(22)16-10-21(26(3,23)24)14-9-13(19)7-8-15(14)25-16/h4-9,16H,10H2,1-3H3,(H,20,22)/t16-/m1/s1. The third-order valence-corrected chi connectivity index (χ3v) is 5.59. The summed E-state index contributed by atoms with van der Waals surface area (Å²) in [7, 11) is -3.60. The van der Waals surface area contributed by atoms with E-state index < -0.39 is 22.0 Å². The Kier molecular flexibility index (Phi) is 4.86. The summed E-state index contributed by atoms with van der Waals surface area (Å²) in [4.78, 5) is 12.7. The summed E-state index contributed by atoms with van der Waals surface area (Å²) >= 11 is 5.98. The predicted octanol–water partition coefficient (Wildman–Crippen LogP) is 3.12. The number of nitrogens with zero attached hydrogens (tertiary/aromatic N) is 1. The molecule has 1 aliphatic rings. The van der Waals surface area contributed by atoms with Crippen molar-refractivity contribution in [2.24, 2.45) is 0 Å². The maximum atomic E-state index is 12.7. The molecule has 0 bridgehead atoms. The fraction of sp³-hybridized carbons (Fsp3) is 0.278. The lowest BCUT2D eigenvalue weighted by Gasteiger charge is -2.34. The number of ether oxygens (including phenoxy) is 1. The van der Waals surface area contributed by atoms with E-state index >= 15 is 0 Å². The van der Waals surface area contributed by atoms with Crippen LogP contribution in [0.15, 0.2) is 36.4 Å². The average molecular weight is 395 g/mol. The molecule has 1 heterocycles. The van der Waals surface area contributed by atoms with E-state index in [1.54, 1.807) is 12.1 Å². The summed E-state index contributed by atoms with van der Waals surface area (Å²) in [6.07, 6.45) is 0.112. The highest BCUT2D eigenvalue weighted by molar-refractivity contribution is 7.92. The zero-order valence-corrected chi connectivity index (χ0v) is 16.2. The number of rotatable bonds is 3. The first-order valence-corrected chi connectivity index (χ1v) is 10.2. The molecule has 1 amide bonds. The summed E-state index contributed by atoms with van der Waals surface area (Å²) in [5.74, 6) is -0.107. The van der Waals surface area contributed by atoms with Crippen LogP contribution in [0.1, 0.15) is 11.1 Å². The van der Waals surface area contributed by atoms with Gasteiger partial charge in [0.25, 0.3) is 5.91 Å². The number of carbonyl (C=O) groups excluding carboxylic acids is 1. The second-order valence-electron chi connectivity index (χ2n) is 6.27. The molecule has 0 aliphatic carbocycles. The van der Waals surface area contributed by atoms with Crippen molar-refractivity contribution in [1.29, 1.82) is 0 Å². The molecule has 2 aromatic rings. The van der Waals surface area contributed by atoms with Crippen molar-refractivity contribution in [3.63, 3.8) is 0 Å². The fourth-order valence-corrected chi connectivity index (χ4v) is 3.96. The number of para-hydroxylation sites is 1. The molecule has 3 rings (SSSR count). The molecular formula is C18H19ClN2O4S. The minimum absolute atomic E-state index is 0.122. The van der Waals surface area contributed by atoms with Gasteiger partial charge < -0.3 is 10.1 Å². The van der Waals surface area contributed by atoms with E-state index in [2.05, 4.69) is 5.32 Å². The minimum atomic E-state index is -3.60. The minimum Gasteiger partial charge on any atom is -0.476 e. The summed E-state index contributed by atoms with van der Waals surface area (Å²) in [5.41, 5.74) is 2.87. The topological polar surface area (TPSA) is 75.7 Å². The van der Waals surface area contributed by atoms with Crippen LogP contribution in [0.25, 0.3) is 0 Å². The Balaban J connectivity index is 1.92. The molecule has 138 valence electrons. The van der Waals surface area contributed by atoms with Gasteiger partial charge in [-0.15, -0.1) is 0 Å². The lowest BCUT2D eigenvalue weighted by molar-refractivity contribution is -0.122. The van der Waals surface area contributed by atoms with Crippen LogP contribution in [0, 0.1) is 13.8 Å². The lowest BCUT2D eigenvalue weighted by atomic mass is 10.1. The number of halogens is 1. The van der Waals surface area contributed by atoms with Crippen molar-refractivity contribution in [2.75, 3.05) is 22.4 Å². The summed E-state index contributed by atoms with van der Waals surface area (Å²) < 4.78 is 31.3. The van der Waals surface area contributed by atoms with Crippen molar-refractivity contribution in [3.8, 4) is 5.75 Å². The Morgan fingerprint density at radius 1 is 1.23 bits per heavy atom. The molecule has 0 aromatic heterocycles. The Labute approximate surface area is 157 Å². The molecule has 8 heteroatoms. The second-order valence-corrected chi connectivity index (χ2v) is 8.61. The molecule has 0 unspecified atom stereocenters. The van der Waals surface area contributed by atoms with Gasteiger partial charge in [-0.1, -0.05) is 29.8 Å². The van der Waals surface area contributed by atoms with Gasteiger partial charge in [-0.3, -0.25) is 9.10 Å². The quantitative estimate of drug-likeness (QED) is 0.867. The first-order chi connectivity index (χ1) is 12.2. The van der Waals surface area contributed by atoms with Crippen LogP contribution in [0.5, 0.6) is 5.75 Å². The van der Waals surface area contributed by atoms with Gasteiger partial charge in [0.1, 0.15) is 5.75 Å². The zero-order valence-electron chi connectivity index (χ0n) is 14.6. The smallest absolute Gasteiger partial charge is 0.267 e. The van der Waals surface area contributed by atoms with E-state index in [-0.39, 0.29) is 6.54 Å². The molecule has 0 fully saturated rings. The second kappa shape index (κ2) is 6.81. The van der Waals surface area contributed by atoms with Crippen LogP contribution in [-0.2, 0) is 14.8 Å². The van der Waals surface area contributed by atoms with Gasteiger partial charge in [0, 0.05) is 10.7 Å². The molecular weight excluding hydrogens is 376 g/mol. The van der Waals surface area contributed by atoms with Crippen molar-refractivity contribution in [1.82, 2.24) is 0 Å². The fourth-order valence-electron chi connectivity index (χ4n) is 2.89. The van der Waals surface area contributed by atoms with Crippen LogP contribution in [0.4, 0.5) is 11.4 Å². The zero-order chi connectivity index (χ0) is 19.1. The molecule has 0 radical (unpaired) electrons. The molecule has 1 aliphatic heterocycles. The highest BCUT2D eigenvalue weighted by Crippen LogP contribution is 2.37. The molecule has 0 saturated heterocycles. The maximum absolute atomic E-state index is 12.7. The molecule has 26 heavy (non-hydrogen) atoms. The van der Waals surface area contributed by atoms with Crippen LogP contribution >= 0.6 is 11.6 Å². The Hall–Kier alpha value is -2.25. The Morgan fingerprint density at radius 3 is 2.50 bits per heavy atom. The number of nitrogens with one attached hydrogen (secondary N) is 1. The SMILES string of the molecule is Cc1cccc(C)c1NC(=O)[C@H]1CN(S(C)(=O)=O)c2cc(Cl)ccc2O1. The van der Waals surface area contributed by atoms with Gasteiger partial charge in [0.05, 0.1) is 18.5 Å². The molecule has 6 nitrogen and oxygen atoms in total. The van der Waals surface area contributed by atoms with Gasteiger partial charge in [0.15, 0.2) is 6.10 Å². The van der Waals surface area contributed by atoms with Crippen LogP contribution < -0.4 is 14.4 Å². The number of sulfonamides is 1. The number of amides is 1. The van der Waals surface area contributed by atoms with Gasteiger partial charge >= 0.3 is 0 Å². The predicted molar refractivity (Wildman–Crippen MR) is 103 cm³/mol. The number of hydrogen-bond donors (Lipinski definition) is 1. The van der Waals surface area contributed by atoms with Crippen molar-refractivity contribution in [2.45, 2.75) is 20.0 Å². The van der Waals surface area contributed by atoms with E-state index in [1.165, 1.54) is 6.07 Å². The van der Waals surface area contributed by atoms with E-state index in [0.29, 0.717) is 22.1 Å². The number of anilines is 2. The highest BCUT2D eigenvalue weighted by Gasteiger charge is 2.35. The maximum Gasteiger partial charge on any atom is 0.267 e. The first-order valence-electron chi connectivity index (χ1n) is 7.98. The van der Waals surface area contributed by atoms with Gasteiger partial charge in [0.2, 0.25) is 10.0 Å². The third kappa shape index (κ3) is 3.64. The summed E-state index contributed by atoms with van der Waals surface area (Å²) in [6.45, 7) is 3.66. The van der Waals surface area contributed by atoms with Crippen LogP contribution in [0.2, 0.25) is 5.02 Å². The summed E-state index contributed by atoms with van der Waals surface area (Å²) in [5, 5.41) is 3.24. The van der Waals surface area contributed by atoms with Crippen LogP contribution in [-0.4, -0.2) is 33.2 Å². The Bertz CT molecular complexity index is 955. The number of aryl methyl sites for hydroxylation is 2. The molecule has 1 N–H and O–H groups in total. The van der Waals surface area contributed by atoms with Crippen molar-refractivity contribution >= 4 is 38.9 Å². The van der Waals surface area contributed by atoms with E-state index in [4.69, 9.17) is 16.3 Å². The van der Waals surface area contributed by atoms with Crippen molar-refractivity contribution in [3.05, 3.63) is 52.5 Å². The number of fused-ring (bicyclic) bond motifs is 1. The first kappa shape index (κ1) is 18.5. The molecule has 1 atom stereocenters. The Morgan fingerprint density at radius 2 is 1.88 bits per heavy atom. The van der Waals surface area contributed by atoms with Gasteiger partial charge in [-0.2, -0.15) is 0 Å². The summed E-state index contributed by atoms with van der Waals surface area (Å²) in [6, 6.07) is 10.4. The highest BCUT2D eigenvalue weighted by atomic mass is 35.5. The van der Waals surface area contributed by atoms with E-state index in [9.17, 15) is 13.2 Å². The molecule has 2 aromatic carbocycles. The lowest BCUT2D eigenvalue weighted by Crippen LogP contribution is -2.48.